The van der Waals surface area contributed by atoms with Gasteiger partial charge in [0.1, 0.15) is 24.1 Å². The van der Waals surface area contributed by atoms with Gasteiger partial charge in [-0.3, -0.25) is 9.69 Å². The molecule has 4 rings (SSSR count). The molecule has 0 aliphatic carbocycles. The van der Waals surface area contributed by atoms with E-state index in [1.54, 1.807) is 72.8 Å². The number of para-hydroxylation sites is 2. The summed E-state index contributed by atoms with van der Waals surface area (Å²) in [6.45, 7) is -0.0639. The Bertz CT molecular complexity index is 1130. The van der Waals surface area contributed by atoms with Gasteiger partial charge in [-0.05, 0) is 17.7 Å². The van der Waals surface area contributed by atoms with Gasteiger partial charge in [0.05, 0.1) is 12.5 Å². The lowest BCUT2D eigenvalue weighted by atomic mass is 9.91. The van der Waals surface area contributed by atoms with E-state index in [1.807, 2.05) is 6.07 Å². The normalized spacial score (nSPS) is 13.1. The van der Waals surface area contributed by atoms with E-state index in [2.05, 4.69) is 0 Å². The first-order valence-electron chi connectivity index (χ1n) is 10.3. The van der Waals surface area contributed by atoms with Crippen molar-refractivity contribution in [3.05, 3.63) is 95.6 Å². The molecule has 1 aliphatic heterocycles. The van der Waals surface area contributed by atoms with Crippen LogP contribution >= 0.6 is 0 Å². The molecule has 3 aromatic rings. The van der Waals surface area contributed by atoms with Gasteiger partial charge < -0.3 is 20.3 Å². The Hall–Kier alpha value is -4.33. The summed E-state index contributed by atoms with van der Waals surface area (Å²) in [4.78, 5) is 38.5. The van der Waals surface area contributed by atoms with E-state index in [0.717, 1.165) is 10.5 Å². The summed E-state index contributed by atoms with van der Waals surface area (Å²) < 4.78 is 11.5. The number of benzene rings is 3. The molecule has 168 valence electrons. The largest absolute Gasteiger partial charge is 0.480 e. The van der Waals surface area contributed by atoms with Crippen LogP contribution in [0.3, 0.4) is 0 Å². The van der Waals surface area contributed by atoms with Crippen LogP contribution in [-0.2, 0) is 20.9 Å². The molecule has 0 fully saturated rings. The number of fused-ring (bicyclic) bond motifs is 2. The maximum atomic E-state index is 13.4. The van der Waals surface area contributed by atoms with Crippen molar-refractivity contribution in [2.45, 2.75) is 25.1 Å². The Morgan fingerprint density at radius 3 is 2.00 bits per heavy atom. The Balaban J connectivity index is 1.80. The SMILES string of the molecule is NC(=O)C[C@@H](C(=O)O)N(C(=O)OCc1ccccc1)C1c2ccccc2Oc2ccccc21. The molecule has 3 N–H and O–H groups in total. The molecule has 8 nitrogen and oxygen atoms in total. The molecule has 33 heavy (non-hydrogen) atoms. The van der Waals surface area contributed by atoms with Crippen LogP contribution in [0.1, 0.15) is 29.2 Å². The number of carboxylic acids is 1. The quantitative estimate of drug-likeness (QED) is 0.569. The number of nitrogens with two attached hydrogens (primary N) is 1. The summed E-state index contributed by atoms with van der Waals surface area (Å²) in [6, 6.07) is 20.6. The van der Waals surface area contributed by atoms with Crippen LogP contribution in [0.5, 0.6) is 11.5 Å². The van der Waals surface area contributed by atoms with Crippen LogP contribution in [0.2, 0.25) is 0 Å². The predicted molar refractivity (Wildman–Crippen MR) is 119 cm³/mol. The molecule has 0 unspecified atom stereocenters. The zero-order chi connectivity index (χ0) is 23.4. The highest BCUT2D eigenvalue weighted by Gasteiger charge is 2.42. The summed E-state index contributed by atoms with van der Waals surface area (Å²) in [7, 11) is 0. The number of primary amides is 1. The van der Waals surface area contributed by atoms with Crippen molar-refractivity contribution in [1.82, 2.24) is 4.90 Å². The van der Waals surface area contributed by atoms with Crippen LogP contribution < -0.4 is 10.5 Å². The molecule has 0 spiro atoms. The molecular formula is C25H22N2O6. The number of amides is 2. The lowest BCUT2D eigenvalue weighted by Crippen LogP contribution is -2.49. The highest BCUT2D eigenvalue weighted by Crippen LogP contribution is 2.46. The third-order valence-corrected chi connectivity index (χ3v) is 5.36. The third kappa shape index (κ3) is 4.64. The molecule has 0 saturated heterocycles. The summed E-state index contributed by atoms with van der Waals surface area (Å²) >= 11 is 0. The van der Waals surface area contributed by atoms with Crippen molar-refractivity contribution in [3.63, 3.8) is 0 Å². The second-order valence-corrected chi connectivity index (χ2v) is 7.55. The maximum absolute atomic E-state index is 13.4. The Kier molecular flexibility index (Phi) is 6.26. The van der Waals surface area contributed by atoms with Crippen LogP contribution in [0.4, 0.5) is 4.79 Å². The smallest absolute Gasteiger partial charge is 0.411 e. The van der Waals surface area contributed by atoms with Gasteiger partial charge in [0, 0.05) is 11.1 Å². The molecule has 8 heteroatoms. The lowest BCUT2D eigenvalue weighted by molar-refractivity contribution is -0.145. The number of nitrogens with zero attached hydrogens (tertiary/aromatic N) is 1. The number of carboxylic acid groups (broad SMARTS) is 1. The van der Waals surface area contributed by atoms with E-state index in [1.165, 1.54) is 0 Å². The van der Waals surface area contributed by atoms with Gasteiger partial charge in [0.25, 0.3) is 0 Å². The topological polar surface area (TPSA) is 119 Å². The highest BCUT2D eigenvalue weighted by atomic mass is 16.6. The molecular weight excluding hydrogens is 424 g/mol. The van der Waals surface area contributed by atoms with E-state index in [9.17, 15) is 19.5 Å². The van der Waals surface area contributed by atoms with Crippen molar-refractivity contribution in [2.75, 3.05) is 0 Å². The summed E-state index contributed by atoms with van der Waals surface area (Å²) in [5, 5.41) is 9.96. The van der Waals surface area contributed by atoms with Crippen molar-refractivity contribution in [2.24, 2.45) is 5.73 Å². The first-order chi connectivity index (χ1) is 16.0. The van der Waals surface area contributed by atoms with Crippen LogP contribution in [0.25, 0.3) is 0 Å². The average molecular weight is 446 g/mol. The lowest BCUT2D eigenvalue weighted by Gasteiger charge is -2.38. The first kappa shape index (κ1) is 21.9. The van der Waals surface area contributed by atoms with Crippen molar-refractivity contribution < 1.29 is 29.0 Å². The van der Waals surface area contributed by atoms with Gasteiger partial charge in [0.15, 0.2) is 0 Å². The minimum atomic E-state index is -1.55. The summed E-state index contributed by atoms with van der Waals surface area (Å²) in [5.74, 6) is -1.26. The molecule has 0 saturated carbocycles. The number of rotatable bonds is 7. The minimum absolute atomic E-state index is 0.0639. The first-order valence-corrected chi connectivity index (χ1v) is 10.3. The van der Waals surface area contributed by atoms with Gasteiger partial charge in [0.2, 0.25) is 5.91 Å². The molecule has 1 aliphatic rings. The van der Waals surface area contributed by atoms with E-state index in [4.69, 9.17) is 15.2 Å². The second-order valence-electron chi connectivity index (χ2n) is 7.55. The minimum Gasteiger partial charge on any atom is -0.480 e. The van der Waals surface area contributed by atoms with Gasteiger partial charge >= 0.3 is 12.1 Å². The Morgan fingerprint density at radius 1 is 0.909 bits per heavy atom. The molecule has 1 heterocycles. The molecule has 0 aromatic heterocycles. The van der Waals surface area contributed by atoms with Crippen molar-refractivity contribution in [3.8, 4) is 11.5 Å². The number of hydrogen-bond donors (Lipinski definition) is 2. The summed E-state index contributed by atoms with van der Waals surface area (Å²) in [5.41, 5.74) is 7.23. The standard InChI is InChI=1S/C25H22N2O6/c26-22(28)14-19(24(29)30)27(25(31)32-15-16-8-2-1-3-9-16)23-17-10-4-6-12-20(17)33-21-13-7-5-11-18(21)23/h1-13,19,23H,14-15H2,(H2,26,28)(H,29,30)/t19-/m0/s1. The highest BCUT2D eigenvalue weighted by molar-refractivity contribution is 5.87. The van der Waals surface area contributed by atoms with Crippen molar-refractivity contribution in [1.29, 1.82) is 0 Å². The molecule has 0 radical (unpaired) electrons. The summed E-state index contributed by atoms with van der Waals surface area (Å²) in [6.07, 6.45) is -1.46. The number of aliphatic carboxylic acids is 1. The van der Waals surface area contributed by atoms with E-state index in [-0.39, 0.29) is 6.61 Å². The van der Waals surface area contributed by atoms with E-state index >= 15 is 0 Å². The zero-order valence-corrected chi connectivity index (χ0v) is 17.6. The number of hydrogen-bond acceptors (Lipinski definition) is 5. The number of carbonyl (C=O) groups excluding carboxylic acids is 2. The molecule has 0 bridgehead atoms. The fraction of sp³-hybridized carbons (Fsp3) is 0.160. The van der Waals surface area contributed by atoms with Gasteiger partial charge in [-0.15, -0.1) is 0 Å². The Labute approximate surface area is 190 Å². The van der Waals surface area contributed by atoms with E-state index in [0.29, 0.717) is 22.6 Å². The fourth-order valence-electron chi connectivity index (χ4n) is 3.89. The maximum Gasteiger partial charge on any atom is 0.411 e. The number of carbonyl (C=O) groups is 3. The average Bonchev–Trinajstić information content (AvgIpc) is 2.82. The zero-order valence-electron chi connectivity index (χ0n) is 17.6. The molecule has 1 atom stereocenters. The number of ether oxygens (including phenoxy) is 2. The van der Waals surface area contributed by atoms with Crippen LogP contribution in [0, 0.1) is 0 Å². The van der Waals surface area contributed by atoms with Crippen LogP contribution in [0.15, 0.2) is 78.9 Å². The Morgan fingerprint density at radius 2 is 1.45 bits per heavy atom. The van der Waals surface area contributed by atoms with Gasteiger partial charge in [-0.2, -0.15) is 0 Å². The second kappa shape index (κ2) is 9.44. The predicted octanol–water partition coefficient (Wildman–Crippen LogP) is 3.85. The van der Waals surface area contributed by atoms with Gasteiger partial charge in [-0.1, -0.05) is 66.7 Å². The van der Waals surface area contributed by atoms with Crippen LogP contribution in [-0.4, -0.2) is 34.0 Å². The van der Waals surface area contributed by atoms with E-state index < -0.39 is 36.5 Å². The van der Waals surface area contributed by atoms with Gasteiger partial charge in [-0.25, -0.2) is 9.59 Å². The fourth-order valence-corrected chi connectivity index (χ4v) is 3.89. The van der Waals surface area contributed by atoms with Crippen molar-refractivity contribution >= 4 is 18.0 Å². The molecule has 3 aromatic carbocycles. The third-order valence-electron chi connectivity index (χ3n) is 5.36. The monoisotopic (exact) mass is 446 g/mol. The molecule has 2 amide bonds.